The average molecular weight is 496 g/mol. The SMILES string of the molecule is CC1CC(n2c(Nc3ccc(OC(F)(F)F)cc3)nc3cc(S(C)(=O)=O)ccc32)CC(C)(C)C1. The molecule has 0 saturated heterocycles. The number of aromatic nitrogens is 2. The van der Waals surface area contributed by atoms with Gasteiger partial charge in [0, 0.05) is 18.0 Å². The third kappa shape index (κ3) is 5.48. The van der Waals surface area contributed by atoms with Crippen LogP contribution in [0.25, 0.3) is 11.0 Å². The molecule has 1 aliphatic carbocycles. The van der Waals surface area contributed by atoms with Crippen molar-refractivity contribution in [3.8, 4) is 5.75 Å². The van der Waals surface area contributed by atoms with Gasteiger partial charge in [-0.25, -0.2) is 13.4 Å². The van der Waals surface area contributed by atoms with Crippen LogP contribution in [-0.2, 0) is 9.84 Å². The van der Waals surface area contributed by atoms with Crippen molar-refractivity contribution in [2.45, 2.75) is 57.3 Å². The number of fused-ring (bicyclic) bond motifs is 1. The van der Waals surface area contributed by atoms with Crippen LogP contribution in [0.5, 0.6) is 5.75 Å². The molecule has 2 unspecified atom stereocenters. The Labute approximate surface area is 197 Å². The molecule has 1 fully saturated rings. The standard InChI is InChI=1S/C24H28F3N3O3S/c1-15-11-17(14-23(2,3)13-15)30-21-10-9-19(34(4,31)32)12-20(21)29-22(30)28-16-5-7-18(8-6-16)33-24(25,26)27/h5-10,12,15,17H,11,13-14H2,1-4H3,(H,28,29). The van der Waals surface area contributed by atoms with Crippen molar-refractivity contribution in [1.29, 1.82) is 0 Å². The van der Waals surface area contributed by atoms with Crippen LogP contribution >= 0.6 is 0 Å². The molecule has 0 radical (unpaired) electrons. The lowest BCUT2D eigenvalue weighted by molar-refractivity contribution is -0.274. The predicted molar refractivity (Wildman–Crippen MR) is 125 cm³/mol. The Morgan fingerprint density at radius 3 is 2.38 bits per heavy atom. The minimum absolute atomic E-state index is 0.124. The van der Waals surface area contributed by atoms with Gasteiger partial charge in [0.2, 0.25) is 5.95 Å². The van der Waals surface area contributed by atoms with Gasteiger partial charge < -0.3 is 14.6 Å². The molecule has 1 aliphatic rings. The molecule has 2 aromatic carbocycles. The fourth-order valence-corrected chi connectivity index (χ4v) is 5.77. The molecule has 1 saturated carbocycles. The van der Waals surface area contributed by atoms with Crippen LogP contribution < -0.4 is 10.1 Å². The first-order valence-electron chi connectivity index (χ1n) is 11.1. The fraction of sp³-hybridized carbons (Fsp3) is 0.458. The average Bonchev–Trinajstić information content (AvgIpc) is 3.03. The maximum Gasteiger partial charge on any atom is 0.573 e. The van der Waals surface area contributed by atoms with E-state index in [-0.39, 0.29) is 22.1 Å². The number of imidazole rings is 1. The van der Waals surface area contributed by atoms with Crippen LogP contribution in [0.2, 0.25) is 0 Å². The van der Waals surface area contributed by atoms with Crippen LogP contribution in [0.15, 0.2) is 47.4 Å². The van der Waals surface area contributed by atoms with Gasteiger partial charge in [-0.3, -0.25) is 0 Å². The zero-order valence-electron chi connectivity index (χ0n) is 19.5. The lowest BCUT2D eigenvalue weighted by atomic mass is 9.70. The number of benzene rings is 2. The van der Waals surface area contributed by atoms with E-state index in [0.29, 0.717) is 23.1 Å². The second kappa shape index (κ2) is 8.48. The molecule has 2 atom stereocenters. The van der Waals surface area contributed by atoms with Crippen molar-refractivity contribution in [3.63, 3.8) is 0 Å². The van der Waals surface area contributed by atoms with Crippen LogP contribution in [0.4, 0.5) is 24.8 Å². The molecule has 3 aromatic rings. The third-order valence-corrected chi connectivity index (χ3v) is 7.27. The van der Waals surface area contributed by atoms with Crippen molar-refractivity contribution in [2.24, 2.45) is 11.3 Å². The van der Waals surface area contributed by atoms with Gasteiger partial charge in [0.25, 0.3) is 0 Å². The smallest absolute Gasteiger partial charge is 0.406 e. The number of nitrogens with one attached hydrogen (secondary N) is 1. The molecular weight excluding hydrogens is 467 g/mol. The minimum atomic E-state index is -4.76. The maximum absolute atomic E-state index is 12.5. The van der Waals surface area contributed by atoms with Gasteiger partial charge in [-0.15, -0.1) is 13.2 Å². The monoisotopic (exact) mass is 495 g/mol. The first-order valence-corrected chi connectivity index (χ1v) is 12.9. The highest BCUT2D eigenvalue weighted by atomic mass is 32.2. The van der Waals surface area contributed by atoms with Crippen LogP contribution in [0.3, 0.4) is 0 Å². The Hall–Kier alpha value is -2.75. The molecule has 1 N–H and O–H groups in total. The van der Waals surface area contributed by atoms with Crippen molar-refractivity contribution in [3.05, 3.63) is 42.5 Å². The highest BCUT2D eigenvalue weighted by Crippen LogP contribution is 2.46. The Bertz CT molecular complexity index is 1300. The van der Waals surface area contributed by atoms with E-state index in [1.54, 1.807) is 18.2 Å². The predicted octanol–water partition coefficient (Wildman–Crippen LogP) is 6.47. The summed E-state index contributed by atoms with van der Waals surface area (Å²) in [5.74, 6) is 0.695. The van der Waals surface area contributed by atoms with Crippen LogP contribution in [0, 0.1) is 11.3 Å². The van der Waals surface area contributed by atoms with E-state index in [1.165, 1.54) is 24.3 Å². The second-order valence-electron chi connectivity index (χ2n) is 9.99. The summed E-state index contributed by atoms with van der Waals surface area (Å²) in [6.45, 7) is 6.70. The molecule has 0 amide bonds. The van der Waals surface area contributed by atoms with Gasteiger partial charge in [0.1, 0.15) is 5.75 Å². The Balaban J connectivity index is 1.76. The number of rotatable bonds is 5. The van der Waals surface area contributed by atoms with E-state index < -0.39 is 16.2 Å². The zero-order valence-corrected chi connectivity index (χ0v) is 20.3. The van der Waals surface area contributed by atoms with E-state index in [4.69, 9.17) is 0 Å². The number of nitrogens with zero attached hydrogens (tertiary/aromatic N) is 2. The lowest BCUT2D eigenvalue weighted by Crippen LogP contribution is -2.29. The first kappa shape index (κ1) is 24.4. The molecule has 0 bridgehead atoms. The Kier molecular flexibility index (Phi) is 6.08. The largest absolute Gasteiger partial charge is 0.573 e. The quantitative estimate of drug-likeness (QED) is 0.439. The number of hydrogen-bond donors (Lipinski definition) is 1. The number of hydrogen-bond acceptors (Lipinski definition) is 5. The van der Waals surface area contributed by atoms with Gasteiger partial charge in [-0.1, -0.05) is 20.8 Å². The lowest BCUT2D eigenvalue weighted by Gasteiger charge is -2.40. The minimum Gasteiger partial charge on any atom is -0.406 e. The fourth-order valence-electron chi connectivity index (χ4n) is 5.13. The number of anilines is 2. The summed E-state index contributed by atoms with van der Waals surface area (Å²) in [5, 5.41) is 3.22. The Morgan fingerprint density at radius 2 is 1.79 bits per heavy atom. The van der Waals surface area contributed by atoms with Crippen molar-refractivity contribution in [1.82, 2.24) is 9.55 Å². The molecule has 6 nitrogen and oxygen atoms in total. The summed E-state index contributed by atoms with van der Waals surface area (Å²) < 4.78 is 67.6. The molecule has 34 heavy (non-hydrogen) atoms. The zero-order chi connectivity index (χ0) is 24.9. The highest BCUT2D eigenvalue weighted by molar-refractivity contribution is 7.90. The van der Waals surface area contributed by atoms with E-state index in [0.717, 1.165) is 31.0 Å². The van der Waals surface area contributed by atoms with Gasteiger partial charge in [0.05, 0.1) is 15.9 Å². The molecular formula is C24H28F3N3O3S. The summed E-state index contributed by atoms with van der Waals surface area (Å²) in [6, 6.07) is 10.5. The number of ether oxygens (including phenoxy) is 1. The molecule has 10 heteroatoms. The van der Waals surface area contributed by atoms with Gasteiger partial charge in [-0.2, -0.15) is 0 Å². The van der Waals surface area contributed by atoms with Gasteiger partial charge in [0.15, 0.2) is 9.84 Å². The molecule has 184 valence electrons. The third-order valence-electron chi connectivity index (χ3n) is 6.16. The summed E-state index contributed by atoms with van der Waals surface area (Å²) >= 11 is 0. The number of halogens is 3. The summed E-state index contributed by atoms with van der Waals surface area (Å²) in [7, 11) is -3.40. The highest BCUT2D eigenvalue weighted by Gasteiger charge is 2.35. The van der Waals surface area contributed by atoms with E-state index in [1.807, 2.05) is 0 Å². The van der Waals surface area contributed by atoms with Gasteiger partial charge in [-0.05, 0) is 73.1 Å². The van der Waals surface area contributed by atoms with Crippen LogP contribution in [0.1, 0.15) is 46.1 Å². The molecule has 1 aromatic heterocycles. The Morgan fingerprint density at radius 1 is 1.12 bits per heavy atom. The second-order valence-corrected chi connectivity index (χ2v) is 12.0. The van der Waals surface area contributed by atoms with E-state index in [9.17, 15) is 21.6 Å². The normalized spacial score (nSPS) is 20.9. The van der Waals surface area contributed by atoms with Gasteiger partial charge >= 0.3 is 6.36 Å². The van der Waals surface area contributed by atoms with Crippen molar-refractivity contribution < 1.29 is 26.3 Å². The van der Waals surface area contributed by atoms with Crippen LogP contribution in [-0.4, -0.2) is 30.6 Å². The number of alkyl halides is 3. The summed E-state index contributed by atoms with van der Waals surface area (Å²) in [4.78, 5) is 4.87. The van der Waals surface area contributed by atoms with E-state index in [2.05, 4.69) is 40.4 Å². The van der Waals surface area contributed by atoms with Crippen molar-refractivity contribution >= 4 is 32.5 Å². The molecule has 1 heterocycles. The van der Waals surface area contributed by atoms with E-state index >= 15 is 0 Å². The maximum atomic E-state index is 12.5. The molecule has 4 rings (SSSR count). The number of sulfone groups is 1. The summed E-state index contributed by atoms with van der Waals surface area (Å²) in [6.07, 6.45) is -0.637. The first-order chi connectivity index (χ1) is 15.7. The molecule has 0 aliphatic heterocycles. The topological polar surface area (TPSA) is 73.2 Å². The summed E-state index contributed by atoms with van der Waals surface area (Å²) in [5.41, 5.74) is 2.01. The van der Waals surface area contributed by atoms with Crippen molar-refractivity contribution in [2.75, 3.05) is 11.6 Å². The molecule has 0 spiro atoms.